The van der Waals surface area contributed by atoms with Gasteiger partial charge in [0.2, 0.25) is 0 Å². The van der Waals surface area contributed by atoms with Gasteiger partial charge < -0.3 is 15.0 Å². The van der Waals surface area contributed by atoms with Crippen molar-refractivity contribution in [1.29, 1.82) is 0 Å². The normalized spacial score (nSPS) is 16.4. The van der Waals surface area contributed by atoms with Gasteiger partial charge in [-0.1, -0.05) is 0 Å². The maximum Gasteiger partial charge on any atom is 0.251 e. The molecule has 130 valence electrons. The minimum atomic E-state index is -0.0904. The molecule has 1 aromatic carbocycles. The quantitative estimate of drug-likeness (QED) is 0.722. The predicted octanol–water partition coefficient (Wildman–Crippen LogP) is 1.75. The largest absolute Gasteiger partial charge is 0.487 e. The summed E-state index contributed by atoms with van der Waals surface area (Å²) in [5, 5.41) is 1.95. The summed E-state index contributed by atoms with van der Waals surface area (Å²) in [6.45, 7) is 4.72. The monoisotopic (exact) mass is 339 g/mol. The lowest BCUT2D eigenvalue weighted by Gasteiger charge is -2.30. The Bertz CT molecular complexity index is 1140. The highest BCUT2D eigenvalue weighted by atomic mass is 16.5. The molecule has 0 aliphatic carbocycles. The Morgan fingerprint density at radius 2 is 1.72 bits per heavy atom. The van der Waals surface area contributed by atoms with Crippen LogP contribution in [-0.2, 0) is 7.05 Å². The molecule has 1 aliphatic heterocycles. The van der Waals surface area contributed by atoms with Crippen LogP contribution in [0.15, 0.2) is 27.8 Å². The highest BCUT2D eigenvalue weighted by Crippen LogP contribution is 2.39. The highest BCUT2D eigenvalue weighted by Gasteiger charge is 2.27. The number of benzene rings is 1. The molecule has 4 rings (SSSR count). The fraction of sp³-hybridized carbons (Fsp3) is 0.368. The molecule has 6 nitrogen and oxygen atoms in total. The molecular weight excluding hydrogens is 318 g/mol. The third kappa shape index (κ3) is 2.14. The number of aromatic nitrogens is 2. The fourth-order valence-electron chi connectivity index (χ4n) is 3.88. The number of aryl methyl sites for hydroxylation is 3. The summed E-state index contributed by atoms with van der Waals surface area (Å²) in [4.78, 5) is 25.0. The number of hydrogen-bond acceptors (Lipinski definition) is 4. The molecule has 3 heterocycles. The van der Waals surface area contributed by atoms with E-state index in [1.807, 2.05) is 13.8 Å². The number of fused-ring (bicyclic) bond motifs is 2. The van der Waals surface area contributed by atoms with Crippen molar-refractivity contribution in [3.05, 3.63) is 50.0 Å². The predicted molar refractivity (Wildman–Crippen MR) is 98.6 cm³/mol. The molecule has 1 aliphatic rings. The van der Waals surface area contributed by atoms with E-state index >= 15 is 0 Å². The maximum absolute atomic E-state index is 12.7. The summed E-state index contributed by atoms with van der Waals surface area (Å²) in [5.41, 5.74) is 8.90. The minimum absolute atomic E-state index is 0.0509. The van der Waals surface area contributed by atoms with Crippen LogP contribution in [0.1, 0.15) is 23.6 Å². The van der Waals surface area contributed by atoms with Crippen LogP contribution in [0.5, 0.6) is 5.75 Å². The van der Waals surface area contributed by atoms with E-state index in [1.54, 1.807) is 28.3 Å². The Hall–Kier alpha value is -2.60. The van der Waals surface area contributed by atoms with Gasteiger partial charge in [0.25, 0.3) is 11.1 Å². The van der Waals surface area contributed by atoms with E-state index in [-0.39, 0.29) is 17.2 Å². The van der Waals surface area contributed by atoms with Crippen molar-refractivity contribution in [2.75, 3.05) is 13.2 Å². The van der Waals surface area contributed by atoms with Crippen LogP contribution in [0.3, 0.4) is 0 Å². The molecular formula is C19H21N3O3. The molecule has 25 heavy (non-hydrogen) atoms. The summed E-state index contributed by atoms with van der Waals surface area (Å²) in [6.07, 6.45) is 0.669. The lowest BCUT2D eigenvalue weighted by atomic mass is 10.00. The number of hydrogen-bond donors (Lipinski definition) is 1. The zero-order chi connectivity index (χ0) is 17.9. The Morgan fingerprint density at radius 1 is 1.08 bits per heavy atom. The number of nitrogens with two attached hydrogens (primary N) is 1. The van der Waals surface area contributed by atoms with Gasteiger partial charge in [0.05, 0.1) is 17.1 Å². The van der Waals surface area contributed by atoms with Crippen LogP contribution >= 0.6 is 0 Å². The molecule has 3 aromatic rings. The van der Waals surface area contributed by atoms with E-state index in [4.69, 9.17) is 10.5 Å². The Balaban J connectivity index is 2.28. The van der Waals surface area contributed by atoms with Crippen LogP contribution in [0.2, 0.25) is 0 Å². The minimum Gasteiger partial charge on any atom is -0.487 e. The van der Waals surface area contributed by atoms with Crippen LogP contribution in [0, 0.1) is 13.8 Å². The lowest BCUT2D eigenvalue weighted by molar-refractivity contribution is 0.229. The molecule has 0 radical (unpaired) electrons. The van der Waals surface area contributed by atoms with Gasteiger partial charge >= 0.3 is 0 Å². The average molecular weight is 339 g/mol. The zero-order valence-corrected chi connectivity index (χ0v) is 14.6. The molecule has 0 saturated heterocycles. The second kappa shape index (κ2) is 5.46. The van der Waals surface area contributed by atoms with E-state index < -0.39 is 0 Å². The van der Waals surface area contributed by atoms with Crippen LogP contribution < -0.4 is 21.6 Å². The van der Waals surface area contributed by atoms with Gasteiger partial charge in [-0.2, -0.15) is 0 Å². The molecule has 0 bridgehead atoms. The van der Waals surface area contributed by atoms with Crippen LogP contribution in [0.25, 0.3) is 21.8 Å². The Morgan fingerprint density at radius 3 is 2.40 bits per heavy atom. The number of rotatable bonds is 2. The van der Waals surface area contributed by atoms with Gasteiger partial charge in [-0.05, 0) is 44.0 Å². The lowest BCUT2D eigenvalue weighted by Crippen LogP contribution is -2.34. The maximum atomic E-state index is 12.7. The third-order valence-corrected chi connectivity index (χ3v) is 5.19. The van der Waals surface area contributed by atoms with Gasteiger partial charge in [-0.15, -0.1) is 0 Å². The third-order valence-electron chi connectivity index (χ3n) is 5.19. The molecule has 0 spiro atoms. The van der Waals surface area contributed by atoms with Crippen molar-refractivity contribution < 1.29 is 4.74 Å². The first kappa shape index (κ1) is 15.9. The standard InChI is InChI=1S/C19H21N3O3/c1-10-6-15(23)21(3)17-13(10)8-14-11(2)7-16(24)22-12(4-5-20)9-25-19(17)18(14)22/h6-8,12H,4-5,9,20H2,1-3H3. The molecule has 2 N–H and O–H groups in total. The van der Waals surface area contributed by atoms with Crippen LogP contribution in [0.4, 0.5) is 0 Å². The van der Waals surface area contributed by atoms with E-state index in [1.165, 1.54) is 0 Å². The number of nitrogens with zero attached hydrogens (tertiary/aromatic N) is 2. The number of pyridine rings is 2. The summed E-state index contributed by atoms with van der Waals surface area (Å²) >= 11 is 0. The van der Waals surface area contributed by atoms with Crippen molar-refractivity contribution in [2.24, 2.45) is 12.8 Å². The highest BCUT2D eigenvalue weighted by molar-refractivity contribution is 6.04. The van der Waals surface area contributed by atoms with Crippen molar-refractivity contribution in [3.63, 3.8) is 0 Å². The fourth-order valence-corrected chi connectivity index (χ4v) is 3.88. The van der Waals surface area contributed by atoms with Crippen molar-refractivity contribution in [1.82, 2.24) is 9.13 Å². The molecule has 0 saturated carbocycles. The Labute approximate surface area is 144 Å². The van der Waals surface area contributed by atoms with E-state index in [2.05, 4.69) is 6.07 Å². The van der Waals surface area contributed by atoms with Crippen molar-refractivity contribution >= 4 is 21.8 Å². The van der Waals surface area contributed by atoms with Crippen molar-refractivity contribution in [2.45, 2.75) is 26.3 Å². The van der Waals surface area contributed by atoms with E-state index in [0.29, 0.717) is 25.3 Å². The molecule has 1 atom stereocenters. The summed E-state index contributed by atoms with van der Waals surface area (Å²) in [5.74, 6) is 0.616. The number of ether oxygens (including phenoxy) is 1. The smallest absolute Gasteiger partial charge is 0.251 e. The molecule has 2 aromatic heterocycles. The molecule has 1 unspecified atom stereocenters. The average Bonchev–Trinajstić information content (AvgIpc) is 2.57. The first-order chi connectivity index (χ1) is 11.9. The first-order valence-electron chi connectivity index (χ1n) is 8.46. The second-order valence-electron chi connectivity index (χ2n) is 6.80. The Kier molecular flexibility index (Phi) is 3.47. The van der Waals surface area contributed by atoms with Gasteiger partial charge in [0.15, 0.2) is 5.75 Å². The van der Waals surface area contributed by atoms with E-state index in [9.17, 15) is 9.59 Å². The topological polar surface area (TPSA) is 79.2 Å². The van der Waals surface area contributed by atoms with Gasteiger partial charge in [-0.25, -0.2) is 0 Å². The summed E-state index contributed by atoms with van der Waals surface area (Å²) in [7, 11) is 1.74. The SMILES string of the molecule is Cc1cc(=O)n(C)c2c3c4c(cc12)c(C)cc(=O)n4C(CCN)CO3. The van der Waals surface area contributed by atoms with Crippen molar-refractivity contribution in [3.8, 4) is 5.75 Å². The van der Waals surface area contributed by atoms with Gasteiger partial charge in [0, 0.05) is 30.0 Å². The van der Waals surface area contributed by atoms with Crippen LogP contribution in [-0.4, -0.2) is 22.3 Å². The zero-order valence-electron chi connectivity index (χ0n) is 14.6. The van der Waals surface area contributed by atoms with Gasteiger partial charge in [0.1, 0.15) is 6.61 Å². The summed E-state index contributed by atoms with van der Waals surface area (Å²) in [6, 6.07) is 5.27. The first-order valence-corrected chi connectivity index (χ1v) is 8.46. The molecule has 6 heteroatoms. The second-order valence-corrected chi connectivity index (χ2v) is 6.80. The molecule has 0 fully saturated rings. The summed E-state index contributed by atoms with van der Waals surface area (Å²) < 4.78 is 9.49. The van der Waals surface area contributed by atoms with E-state index in [0.717, 1.165) is 32.9 Å². The van der Waals surface area contributed by atoms with Gasteiger partial charge in [-0.3, -0.25) is 14.2 Å². The molecule has 0 amide bonds.